The van der Waals surface area contributed by atoms with Crippen molar-refractivity contribution in [3.8, 4) is 0 Å². The third-order valence-corrected chi connectivity index (χ3v) is 4.31. The maximum Gasteiger partial charge on any atom is 0.410 e. The second-order valence-corrected chi connectivity index (χ2v) is 7.34. The van der Waals surface area contributed by atoms with Gasteiger partial charge in [0.15, 0.2) is 0 Å². The first-order chi connectivity index (χ1) is 11.2. The van der Waals surface area contributed by atoms with Crippen molar-refractivity contribution in [2.45, 2.75) is 65.0 Å². The number of carbonyl (C=O) groups excluding carboxylic acids is 1. The molecule has 1 aromatic carbocycles. The van der Waals surface area contributed by atoms with E-state index in [4.69, 9.17) is 9.84 Å². The van der Waals surface area contributed by atoms with Crippen LogP contribution in [0.2, 0.25) is 0 Å². The summed E-state index contributed by atoms with van der Waals surface area (Å²) in [5, 5.41) is 9.13. The van der Waals surface area contributed by atoms with Crippen LogP contribution in [0, 0.1) is 0 Å². The molecule has 1 heterocycles. The van der Waals surface area contributed by atoms with Crippen LogP contribution >= 0.6 is 0 Å². The van der Waals surface area contributed by atoms with Crippen molar-refractivity contribution >= 4 is 12.1 Å². The van der Waals surface area contributed by atoms with E-state index < -0.39 is 11.6 Å². The fraction of sp³-hybridized carbons (Fsp3) is 0.579. The molecule has 0 saturated carbocycles. The summed E-state index contributed by atoms with van der Waals surface area (Å²) in [4.78, 5) is 25.1. The van der Waals surface area contributed by atoms with Crippen LogP contribution < -0.4 is 0 Å². The number of hydrogen-bond acceptors (Lipinski definition) is 3. The Balaban J connectivity index is 2.20. The number of carbonyl (C=O) groups is 2. The Morgan fingerprint density at radius 1 is 1.33 bits per heavy atom. The molecule has 0 fully saturated rings. The van der Waals surface area contributed by atoms with Gasteiger partial charge in [0.05, 0.1) is 6.42 Å². The highest BCUT2D eigenvalue weighted by molar-refractivity contribution is 5.69. The van der Waals surface area contributed by atoms with Crippen molar-refractivity contribution < 1.29 is 19.4 Å². The summed E-state index contributed by atoms with van der Waals surface area (Å²) in [5.41, 5.74) is 2.90. The number of benzene rings is 1. The highest BCUT2D eigenvalue weighted by Crippen LogP contribution is 2.32. The summed E-state index contributed by atoms with van der Waals surface area (Å²) in [5.74, 6) is -0.754. The standard InChI is InChI=1S/C19H27NO4/c1-5-13(11-17(21)22)15-8-6-7-14-12-20(10-9-16(14)15)18(23)24-19(2,3)4/h6-8,13H,5,9-12H2,1-4H3,(H,21,22)/t13-/m1/s1. The fourth-order valence-corrected chi connectivity index (χ4v) is 3.19. The quantitative estimate of drug-likeness (QED) is 0.906. The van der Waals surface area contributed by atoms with E-state index in [0.29, 0.717) is 13.1 Å². The molecule has 2 rings (SSSR count). The van der Waals surface area contributed by atoms with E-state index in [1.807, 2.05) is 45.9 Å². The molecule has 0 radical (unpaired) electrons. The second-order valence-electron chi connectivity index (χ2n) is 7.34. The summed E-state index contributed by atoms with van der Waals surface area (Å²) in [6, 6.07) is 6.00. The molecule has 5 heteroatoms. The van der Waals surface area contributed by atoms with Crippen LogP contribution in [0.25, 0.3) is 0 Å². The molecule has 0 bridgehead atoms. The summed E-state index contributed by atoms with van der Waals surface area (Å²) in [7, 11) is 0. The minimum Gasteiger partial charge on any atom is -0.481 e. The van der Waals surface area contributed by atoms with Gasteiger partial charge >= 0.3 is 12.1 Å². The van der Waals surface area contributed by atoms with E-state index in [1.54, 1.807) is 4.90 Å². The predicted octanol–water partition coefficient (Wildman–Crippen LogP) is 3.95. The summed E-state index contributed by atoms with van der Waals surface area (Å²) in [6.45, 7) is 8.71. The van der Waals surface area contributed by atoms with Crippen molar-refractivity contribution in [1.82, 2.24) is 4.90 Å². The number of amides is 1. The van der Waals surface area contributed by atoms with E-state index in [-0.39, 0.29) is 18.4 Å². The molecule has 0 aromatic heterocycles. The van der Waals surface area contributed by atoms with E-state index in [2.05, 4.69) is 0 Å². The second kappa shape index (κ2) is 7.24. The van der Waals surface area contributed by atoms with Gasteiger partial charge in [-0.25, -0.2) is 4.79 Å². The molecule has 5 nitrogen and oxygen atoms in total. The summed E-state index contributed by atoms with van der Waals surface area (Å²) < 4.78 is 5.45. The molecule has 0 spiro atoms. The maximum absolute atomic E-state index is 12.3. The van der Waals surface area contributed by atoms with Gasteiger partial charge in [0.25, 0.3) is 0 Å². The SMILES string of the molecule is CC[C@H](CC(=O)O)c1cccc2c1CCN(C(=O)OC(C)(C)C)C2. The molecule has 0 unspecified atom stereocenters. The van der Waals surface area contributed by atoms with Crippen molar-refractivity contribution in [3.63, 3.8) is 0 Å². The lowest BCUT2D eigenvalue weighted by atomic mass is 9.84. The number of hydrogen-bond donors (Lipinski definition) is 1. The molecule has 1 amide bonds. The maximum atomic E-state index is 12.3. The van der Waals surface area contributed by atoms with Gasteiger partial charge < -0.3 is 14.7 Å². The average Bonchev–Trinajstić information content (AvgIpc) is 2.49. The van der Waals surface area contributed by atoms with Gasteiger partial charge in [-0.15, -0.1) is 0 Å². The fourth-order valence-electron chi connectivity index (χ4n) is 3.19. The number of aliphatic carboxylic acids is 1. The van der Waals surface area contributed by atoms with Crippen LogP contribution in [-0.2, 0) is 22.5 Å². The molecular formula is C19H27NO4. The minimum absolute atomic E-state index is 0.0190. The van der Waals surface area contributed by atoms with E-state index in [1.165, 1.54) is 5.56 Å². The molecule has 1 aliphatic rings. The first-order valence-electron chi connectivity index (χ1n) is 8.51. The Bertz CT molecular complexity index is 618. The van der Waals surface area contributed by atoms with Crippen LogP contribution in [0.1, 0.15) is 63.1 Å². The molecule has 0 saturated heterocycles. The van der Waals surface area contributed by atoms with Crippen molar-refractivity contribution in [3.05, 3.63) is 34.9 Å². The number of ether oxygens (including phenoxy) is 1. The monoisotopic (exact) mass is 333 g/mol. The van der Waals surface area contributed by atoms with Gasteiger partial charge in [-0.1, -0.05) is 25.1 Å². The summed E-state index contributed by atoms with van der Waals surface area (Å²) >= 11 is 0. The number of fused-ring (bicyclic) bond motifs is 1. The average molecular weight is 333 g/mol. The van der Waals surface area contributed by atoms with Crippen LogP contribution in [0.5, 0.6) is 0 Å². The zero-order valence-corrected chi connectivity index (χ0v) is 15.0. The van der Waals surface area contributed by atoms with Crippen LogP contribution in [0.4, 0.5) is 4.79 Å². The Morgan fingerprint density at radius 3 is 2.62 bits per heavy atom. The first-order valence-corrected chi connectivity index (χ1v) is 8.51. The third kappa shape index (κ3) is 4.49. The number of nitrogens with zero attached hydrogens (tertiary/aromatic N) is 1. The Hall–Kier alpha value is -2.04. The number of carboxylic acids is 1. The Labute approximate surface area is 143 Å². The van der Waals surface area contributed by atoms with Gasteiger partial charge in [0.2, 0.25) is 0 Å². The van der Waals surface area contributed by atoms with Crippen molar-refractivity contribution in [2.24, 2.45) is 0 Å². The highest BCUT2D eigenvalue weighted by Gasteiger charge is 2.28. The lowest BCUT2D eigenvalue weighted by molar-refractivity contribution is -0.137. The smallest absolute Gasteiger partial charge is 0.410 e. The Morgan fingerprint density at radius 2 is 2.04 bits per heavy atom. The van der Waals surface area contributed by atoms with Crippen LogP contribution in [-0.4, -0.2) is 34.2 Å². The molecule has 132 valence electrons. The molecule has 1 aromatic rings. The van der Waals surface area contributed by atoms with Crippen LogP contribution in [0.3, 0.4) is 0 Å². The minimum atomic E-state index is -0.773. The lowest BCUT2D eigenvalue weighted by Gasteiger charge is -2.33. The zero-order valence-electron chi connectivity index (χ0n) is 15.0. The first kappa shape index (κ1) is 18.3. The highest BCUT2D eigenvalue weighted by atomic mass is 16.6. The van der Waals surface area contributed by atoms with E-state index in [0.717, 1.165) is 24.0 Å². The largest absolute Gasteiger partial charge is 0.481 e. The number of carboxylic acid groups (broad SMARTS) is 1. The molecule has 0 aliphatic carbocycles. The summed E-state index contributed by atoms with van der Waals surface area (Å²) in [6.07, 6.45) is 1.37. The van der Waals surface area contributed by atoms with Gasteiger partial charge in [-0.05, 0) is 56.2 Å². The lowest BCUT2D eigenvalue weighted by Crippen LogP contribution is -2.40. The van der Waals surface area contributed by atoms with Gasteiger partial charge in [0.1, 0.15) is 5.60 Å². The predicted molar refractivity (Wildman–Crippen MR) is 92.1 cm³/mol. The molecule has 1 N–H and O–H groups in total. The molecular weight excluding hydrogens is 306 g/mol. The van der Waals surface area contributed by atoms with Crippen molar-refractivity contribution in [1.29, 1.82) is 0 Å². The molecule has 1 atom stereocenters. The zero-order chi connectivity index (χ0) is 17.9. The van der Waals surface area contributed by atoms with E-state index in [9.17, 15) is 9.59 Å². The molecule has 1 aliphatic heterocycles. The van der Waals surface area contributed by atoms with E-state index >= 15 is 0 Å². The third-order valence-electron chi connectivity index (χ3n) is 4.31. The number of rotatable bonds is 4. The topological polar surface area (TPSA) is 66.8 Å². The Kier molecular flexibility index (Phi) is 5.52. The van der Waals surface area contributed by atoms with Gasteiger partial charge in [-0.2, -0.15) is 0 Å². The normalized spacial score (nSPS) is 15.6. The van der Waals surface area contributed by atoms with Crippen LogP contribution in [0.15, 0.2) is 18.2 Å². The van der Waals surface area contributed by atoms with Crippen molar-refractivity contribution in [2.75, 3.05) is 6.54 Å². The molecule has 24 heavy (non-hydrogen) atoms. The van der Waals surface area contributed by atoms with Gasteiger partial charge in [0, 0.05) is 13.1 Å². The van der Waals surface area contributed by atoms with Gasteiger partial charge in [-0.3, -0.25) is 4.79 Å².